The number of carbonyl (C=O) groups excluding carboxylic acids is 1. The molecule has 1 aromatic carbocycles. The standard InChI is InChI=1S/C15H24N2O2/c1-3-5-6-7-10-19-14-9-8-12(11-13(14)16)15(18)17-4-2/h8-9,11H,3-7,10,16H2,1-2H3,(H,17,18). The van der Waals surface area contributed by atoms with Crippen molar-refractivity contribution < 1.29 is 9.53 Å². The fraction of sp³-hybridized carbons (Fsp3) is 0.533. The molecule has 0 fully saturated rings. The number of nitrogens with two attached hydrogens (primary N) is 1. The number of amides is 1. The Hall–Kier alpha value is -1.71. The van der Waals surface area contributed by atoms with Gasteiger partial charge in [0.05, 0.1) is 12.3 Å². The highest BCUT2D eigenvalue weighted by molar-refractivity contribution is 5.95. The lowest BCUT2D eigenvalue weighted by Gasteiger charge is -2.10. The topological polar surface area (TPSA) is 64.3 Å². The second-order valence-electron chi connectivity index (χ2n) is 4.52. The minimum Gasteiger partial charge on any atom is -0.491 e. The molecule has 1 rings (SSSR count). The second kappa shape index (κ2) is 8.40. The zero-order valence-electron chi connectivity index (χ0n) is 11.9. The fourth-order valence-corrected chi connectivity index (χ4v) is 1.79. The molecule has 0 unspecified atom stereocenters. The van der Waals surface area contributed by atoms with Gasteiger partial charge in [-0.2, -0.15) is 0 Å². The summed E-state index contributed by atoms with van der Waals surface area (Å²) in [5.41, 5.74) is 6.97. The third-order valence-corrected chi connectivity index (χ3v) is 2.86. The van der Waals surface area contributed by atoms with Gasteiger partial charge in [-0.05, 0) is 31.5 Å². The summed E-state index contributed by atoms with van der Waals surface area (Å²) in [6, 6.07) is 5.16. The van der Waals surface area contributed by atoms with Crippen LogP contribution in [0.2, 0.25) is 0 Å². The van der Waals surface area contributed by atoms with Gasteiger partial charge in [0.2, 0.25) is 0 Å². The largest absolute Gasteiger partial charge is 0.491 e. The van der Waals surface area contributed by atoms with Crippen LogP contribution in [0.15, 0.2) is 18.2 Å². The van der Waals surface area contributed by atoms with Crippen LogP contribution in [0.4, 0.5) is 5.69 Å². The van der Waals surface area contributed by atoms with Crippen molar-refractivity contribution in [1.82, 2.24) is 5.32 Å². The van der Waals surface area contributed by atoms with Crippen LogP contribution < -0.4 is 15.8 Å². The van der Waals surface area contributed by atoms with Gasteiger partial charge in [-0.25, -0.2) is 0 Å². The molecule has 4 nitrogen and oxygen atoms in total. The number of rotatable bonds is 8. The van der Waals surface area contributed by atoms with Gasteiger partial charge < -0.3 is 15.8 Å². The number of hydrogen-bond acceptors (Lipinski definition) is 3. The number of nitrogen functional groups attached to an aromatic ring is 1. The Balaban J connectivity index is 2.50. The van der Waals surface area contributed by atoms with Crippen molar-refractivity contribution in [3.8, 4) is 5.75 Å². The van der Waals surface area contributed by atoms with Gasteiger partial charge in [0, 0.05) is 12.1 Å². The van der Waals surface area contributed by atoms with E-state index in [1.165, 1.54) is 19.3 Å². The Bertz CT molecular complexity index is 405. The van der Waals surface area contributed by atoms with Gasteiger partial charge in [0.1, 0.15) is 5.75 Å². The lowest BCUT2D eigenvalue weighted by molar-refractivity contribution is 0.0956. The molecular weight excluding hydrogens is 240 g/mol. The van der Waals surface area contributed by atoms with Gasteiger partial charge >= 0.3 is 0 Å². The summed E-state index contributed by atoms with van der Waals surface area (Å²) in [6.45, 7) is 5.34. The molecule has 0 spiro atoms. The maximum Gasteiger partial charge on any atom is 0.251 e. The molecule has 0 aromatic heterocycles. The third kappa shape index (κ3) is 5.20. The molecule has 4 heteroatoms. The average Bonchev–Trinajstić information content (AvgIpc) is 2.40. The van der Waals surface area contributed by atoms with Crippen LogP contribution in [0.25, 0.3) is 0 Å². The Labute approximate surface area is 115 Å². The molecule has 1 amide bonds. The molecule has 0 bridgehead atoms. The number of nitrogens with one attached hydrogen (secondary N) is 1. The molecule has 0 atom stereocenters. The lowest BCUT2D eigenvalue weighted by Crippen LogP contribution is -2.22. The van der Waals surface area contributed by atoms with E-state index in [0.29, 0.717) is 30.2 Å². The van der Waals surface area contributed by atoms with Gasteiger partial charge in [-0.3, -0.25) is 4.79 Å². The van der Waals surface area contributed by atoms with Crippen LogP contribution in [-0.4, -0.2) is 19.1 Å². The molecule has 0 aliphatic rings. The molecule has 0 saturated heterocycles. The highest BCUT2D eigenvalue weighted by atomic mass is 16.5. The average molecular weight is 264 g/mol. The molecule has 106 valence electrons. The van der Waals surface area contributed by atoms with E-state index in [1.54, 1.807) is 18.2 Å². The number of ether oxygens (including phenoxy) is 1. The van der Waals surface area contributed by atoms with Crippen molar-refractivity contribution in [1.29, 1.82) is 0 Å². The smallest absolute Gasteiger partial charge is 0.251 e. The monoisotopic (exact) mass is 264 g/mol. The predicted molar refractivity (Wildman–Crippen MR) is 78.5 cm³/mol. The summed E-state index contributed by atoms with van der Waals surface area (Å²) in [7, 11) is 0. The third-order valence-electron chi connectivity index (χ3n) is 2.86. The molecule has 0 radical (unpaired) electrons. The molecule has 0 aliphatic carbocycles. The Kier molecular flexibility index (Phi) is 6.79. The van der Waals surface area contributed by atoms with Crippen LogP contribution >= 0.6 is 0 Å². The van der Waals surface area contributed by atoms with Gasteiger partial charge in [-0.15, -0.1) is 0 Å². The molecule has 19 heavy (non-hydrogen) atoms. The van der Waals surface area contributed by atoms with E-state index in [4.69, 9.17) is 10.5 Å². The zero-order chi connectivity index (χ0) is 14.1. The van der Waals surface area contributed by atoms with Crippen molar-refractivity contribution in [2.24, 2.45) is 0 Å². The van der Waals surface area contributed by atoms with Crippen molar-refractivity contribution >= 4 is 11.6 Å². The number of anilines is 1. The number of hydrogen-bond donors (Lipinski definition) is 2. The number of unbranched alkanes of at least 4 members (excludes halogenated alkanes) is 3. The van der Waals surface area contributed by atoms with E-state index in [9.17, 15) is 4.79 Å². The Morgan fingerprint density at radius 1 is 1.26 bits per heavy atom. The molecule has 0 aliphatic heterocycles. The highest BCUT2D eigenvalue weighted by Crippen LogP contribution is 2.22. The van der Waals surface area contributed by atoms with E-state index in [2.05, 4.69) is 12.2 Å². The molecule has 3 N–H and O–H groups in total. The van der Waals surface area contributed by atoms with Crippen molar-refractivity contribution in [2.75, 3.05) is 18.9 Å². The van der Waals surface area contributed by atoms with E-state index < -0.39 is 0 Å². The summed E-state index contributed by atoms with van der Waals surface area (Å²) in [4.78, 5) is 11.6. The zero-order valence-corrected chi connectivity index (χ0v) is 11.9. The first-order valence-electron chi connectivity index (χ1n) is 6.99. The Morgan fingerprint density at radius 2 is 2.05 bits per heavy atom. The first-order valence-corrected chi connectivity index (χ1v) is 6.99. The molecule has 1 aromatic rings. The molecule has 0 heterocycles. The van der Waals surface area contributed by atoms with Crippen molar-refractivity contribution in [2.45, 2.75) is 39.5 Å². The normalized spacial score (nSPS) is 10.2. The summed E-state index contributed by atoms with van der Waals surface area (Å²) < 4.78 is 5.62. The van der Waals surface area contributed by atoms with Crippen LogP contribution in [0, 0.1) is 0 Å². The maximum atomic E-state index is 11.6. The minimum atomic E-state index is -0.108. The van der Waals surface area contributed by atoms with Crippen LogP contribution in [0.5, 0.6) is 5.75 Å². The van der Waals surface area contributed by atoms with Gasteiger partial charge in [0.15, 0.2) is 0 Å². The van der Waals surface area contributed by atoms with Crippen LogP contribution in [-0.2, 0) is 0 Å². The predicted octanol–water partition coefficient (Wildman–Crippen LogP) is 2.98. The first kappa shape index (κ1) is 15.3. The summed E-state index contributed by atoms with van der Waals surface area (Å²) in [5.74, 6) is 0.549. The number of carbonyl (C=O) groups is 1. The summed E-state index contributed by atoms with van der Waals surface area (Å²) >= 11 is 0. The maximum absolute atomic E-state index is 11.6. The van der Waals surface area contributed by atoms with E-state index in [0.717, 1.165) is 6.42 Å². The van der Waals surface area contributed by atoms with E-state index >= 15 is 0 Å². The molecule has 0 saturated carbocycles. The molecular formula is C15H24N2O2. The second-order valence-corrected chi connectivity index (χ2v) is 4.52. The summed E-state index contributed by atoms with van der Waals surface area (Å²) in [6.07, 6.45) is 4.65. The quantitative estimate of drug-likeness (QED) is 0.560. The van der Waals surface area contributed by atoms with Crippen LogP contribution in [0.3, 0.4) is 0 Å². The van der Waals surface area contributed by atoms with Crippen molar-refractivity contribution in [3.63, 3.8) is 0 Å². The van der Waals surface area contributed by atoms with Gasteiger partial charge in [-0.1, -0.05) is 26.2 Å². The van der Waals surface area contributed by atoms with Crippen LogP contribution in [0.1, 0.15) is 49.9 Å². The highest BCUT2D eigenvalue weighted by Gasteiger charge is 2.07. The minimum absolute atomic E-state index is 0.108. The number of benzene rings is 1. The SMILES string of the molecule is CCCCCCOc1ccc(C(=O)NCC)cc1N. The fourth-order valence-electron chi connectivity index (χ4n) is 1.79. The Morgan fingerprint density at radius 3 is 2.68 bits per heavy atom. The van der Waals surface area contributed by atoms with Crippen molar-refractivity contribution in [3.05, 3.63) is 23.8 Å². The van der Waals surface area contributed by atoms with E-state index in [-0.39, 0.29) is 5.91 Å². The van der Waals surface area contributed by atoms with Gasteiger partial charge in [0.25, 0.3) is 5.91 Å². The lowest BCUT2D eigenvalue weighted by atomic mass is 10.1. The van der Waals surface area contributed by atoms with E-state index in [1.807, 2.05) is 6.92 Å². The first-order chi connectivity index (χ1) is 9.19. The summed E-state index contributed by atoms with van der Waals surface area (Å²) in [5, 5.41) is 2.74.